The Hall–Kier alpha value is -1.69. The van der Waals surface area contributed by atoms with Crippen molar-refractivity contribution in [2.45, 2.75) is 77.8 Å². The number of aromatic amines is 1. The van der Waals surface area contributed by atoms with Crippen LogP contribution in [0.25, 0.3) is 0 Å². The minimum atomic E-state index is 0.571. The maximum absolute atomic E-state index is 4.74. The zero-order chi connectivity index (χ0) is 17.2. The first-order valence-corrected chi connectivity index (χ1v) is 9.93. The minimum Gasteiger partial charge on any atom is -0.346 e. The molecule has 0 aromatic carbocycles. The van der Waals surface area contributed by atoms with Gasteiger partial charge >= 0.3 is 0 Å². The third-order valence-electron chi connectivity index (χ3n) is 5.83. The molecule has 6 heteroatoms. The number of aryl methyl sites for hydroxylation is 3. The molecule has 4 rings (SSSR count). The largest absolute Gasteiger partial charge is 0.346 e. The summed E-state index contributed by atoms with van der Waals surface area (Å²) in [5, 5.41) is 9.07. The molecule has 0 amide bonds. The Morgan fingerprint density at radius 1 is 1.08 bits per heavy atom. The van der Waals surface area contributed by atoms with E-state index in [4.69, 9.17) is 4.98 Å². The number of hydrogen-bond donors (Lipinski definition) is 1. The Morgan fingerprint density at radius 3 is 2.68 bits per heavy atom. The molecule has 2 aliphatic rings. The van der Waals surface area contributed by atoms with Gasteiger partial charge in [0, 0.05) is 37.5 Å². The summed E-state index contributed by atoms with van der Waals surface area (Å²) in [5.74, 6) is 4.14. The van der Waals surface area contributed by atoms with E-state index in [1.807, 2.05) is 0 Å². The molecule has 0 saturated carbocycles. The van der Waals surface area contributed by atoms with E-state index < -0.39 is 0 Å². The lowest BCUT2D eigenvalue weighted by Gasteiger charge is -2.31. The van der Waals surface area contributed by atoms with E-state index in [1.165, 1.54) is 55.1 Å². The molecule has 136 valence electrons. The predicted molar refractivity (Wildman–Crippen MR) is 97.5 cm³/mol. The molecular weight excluding hydrogens is 312 g/mol. The molecule has 6 nitrogen and oxygen atoms in total. The highest BCUT2D eigenvalue weighted by Crippen LogP contribution is 2.29. The Bertz CT molecular complexity index is 708. The van der Waals surface area contributed by atoms with Crippen LogP contribution in [0.5, 0.6) is 0 Å². The van der Waals surface area contributed by atoms with Crippen molar-refractivity contribution in [2.24, 2.45) is 0 Å². The molecule has 0 bridgehead atoms. The number of fused-ring (bicyclic) bond motifs is 1. The third kappa shape index (κ3) is 3.50. The first kappa shape index (κ1) is 16.8. The maximum Gasteiger partial charge on any atom is 0.136 e. The van der Waals surface area contributed by atoms with Gasteiger partial charge in [0.05, 0.1) is 5.69 Å². The van der Waals surface area contributed by atoms with Gasteiger partial charge in [-0.15, -0.1) is 10.2 Å². The van der Waals surface area contributed by atoms with Crippen LogP contribution in [-0.4, -0.2) is 42.7 Å². The van der Waals surface area contributed by atoms with Crippen LogP contribution >= 0.6 is 0 Å². The summed E-state index contributed by atoms with van der Waals surface area (Å²) in [7, 11) is 0. The summed E-state index contributed by atoms with van der Waals surface area (Å²) in [5.41, 5.74) is 2.44. The number of likely N-dealkylation sites (tertiary alicyclic amines) is 1. The van der Waals surface area contributed by atoms with Crippen LogP contribution < -0.4 is 0 Å². The lowest BCUT2D eigenvalue weighted by molar-refractivity contribution is 0.197. The fourth-order valence-electron chi connectivity index (χ4n) is 4.26. The van der Waals surface area contributed by atoms with Gasteiger partial charge in [0.1, 0.15) is 17.5 Å². The molecule has 4 heterocycles. The van der Waals surface area contributed by atoms with Crippen molar-refractivity contribution < 1.29 is 0 Å². The average molecular weight is 342 g/mol. The van der Waals surface area contributed by atoms with E-state index in [-0.39, 0.29) is 0 Å². The second kappa shape index (κ2) is 7.28. The smallest absolute Gasteiger partial charge is 0.136 e. The fourth-order valence-corrected chi connectivity index (χ4v) is 4.26. The molecular formula is C19H30N6. The highest BCUT2D eigenvalue weighted by Gasteiger charge is 2.27. The maximum atomic E-state index is 4.74. The number of hydrogen-bond acceptors (Lipinski definition) is 4. The monoisotopic (exact) mass is 342 g/mol. The highest BCUT2D eigenvalue weighted by molar-refractivity contribution is 5.13. The quantitative estimate of drug-likeness (QED) is 0.928. The van der Waals surface area contributed by atoms with Crippen LogP contribution in [0.2, 0.25) is 0 Å². The van der Waals surface area contributed by atoms with Crippen molar-refractivity contribution in [3.63, 3.8) is 0 Å². The molecule has 0 aliphatic carbocycles. The summed E-state index contributed by atoms with van der Waals surface area (Å²) >= 11 is 0. The van der Waals surface area contributed by atoms with E-state index in [9.17, 15) is 0 Å². The SMILES string of the molecule is CCc1nc(CN2CCC(c3nnc4n3CCCCC4)CC2)c(C)[nH]1. The molecule has 1 saturated heterocycles. The zero-order valence-electron chi connectivity index (χ0n) is 15.6. The molecule has 0 unspecified atom stereocenters. The molecule has 25 heavy (non-hydrogen) atoms. The van der Waals surface area contributed by atoms with Gasteiger partial charge in [0.15, 0.2) is 0 Å². The normalized spacial score (nSPS) is 19.8. The summed E-state index contributed by atoms with van der Waals surface area (Å²) in [6, 6.07) is 0. The highest BCUT2D eigenvalue weighted by atomic mass is 15.3. The average Bonchev–Trinajstić information content (AvgIpc) is 3.11. The van der Waals surface area contributed by atoms with Gasteiger partial charge in [0.25, 0.3) is 0 Å². The first-order chi connectivity index (χ1) is 12.2. The molecule has 1 fully saturated rings. The Morgan fingerprint density at radius 2 is 1.92 bits per heavy atom. The van der Waals surface area contributed by atoms with E-state index >= 15 is 0 Å². The predicted octanol–water partition coefficient (Wildman–Crippen LogP) is 2.98. The van der Waals surface area contributed by atoms with Crippen LogP contribution in [0.4, 0.5) is 0 Å². The number of imidazole rings is 1. The topological polar surface area (TPSA) is 62.6 Å². The van der Waals surface area contributed by atoms with E-state index in [1.54, 1.807) is 0 Å². The van der Waals surface area contributed by atoms with Gasteiger partial charge in [-0.3, -0.25) is 4.90 Å². The molecule has 2 aliphatic heterocycles. The number of nitrogens with one attached hydrogen (secondary N) is 1. The molecule has 0 spiro atoms. The van der Waals surface area contributed by atoms with Crippen molar-refractivity contribution in [1.29, 1.82) is 0 Å². The molecule has 1 N–H and O–H groups in total. The summed E-state index contributed by atoms with van der Waals surface area (Å²) in [6.07, 6.45) is 8.30. The first-order valence-electron chi connectivity index (χ1n) is 9.93. The fraction of sp³-hybridized carbons (Fsp3) is 0.737. The number of piperidine rings is 1. The molecule has 2 aromatic heterocycles. The molecule has 2 aromatic rings. The van der Waals surface area contributed by atoms with Crippen LogP contribution in [-0.2, 0) is 25.9 Å². The number of rotatable bonds is 4. The van der Waals surface area contributed by atoms with Crippen molar-refractivity contribution in [3.05, 3.63) is 28.9 Å². The van der Waals surface area contributed by atoms with Crippen molar-refractivity contribution in [2.75, 3.05) is 13.1 Å². The van der Waals surface area contributed by atoms with Gasteiger partial charge in [-0.25, -0.2) is 4.98 Å². The summed E-state index contributed by atoms with van der Waals surface area (Å²) < 4.78 is 2.43. The van der Waals surface area contributed by atoms with Gasteiger partial charge in [-0.2, -0.15) is 0 Å². The van der Waals surface area contributed by atoms with Crippen LogP contribution in [0.3, 0.4) is 0 Å². The lowest BCUT2D eigenvalue weighted by Crippen LogP contribution is -2.33. The number of aromatic nitrogens is 5. The van der Waals surface area contributed by atoms with Gasteiger partial charge in [-0.1, -0.05) is 13.3 Å². The van der Waals surface area contributed by atoms with Crippen molar-refractivity contribution in [3.8, 4) is 0 Å². The lowest BCUT2D eigenvalue weighted by atomic mass is 9.95. The Balaban J connectivity index is 1.38. The van der Waals surface area contributed by atoms with E-state index in [0.29, 0.717) is 5.92 Å². The minimum absolute atomic E-state index is 0.571. The number of nitrogens with zero attached hydrogens (tertiary/aromatic N) is 5. The van der Waals surface area contributed by atoms with Gasteiger partial charge in [-0.05, 0) is 45.7 Å². The van der Waals surface area contributed by atoms with Gasteiger partial charge in [0.2, 0.25) is 0 Å². The van der Waals surface area contributed by atoms with Crippen molar-refractivity contribution in [1.82, 2.24) is 29.6 Å². The van der Waals surface area contributed by atoms with Crippen LogP contribution in [0, 0.1) is 6.92 Å². The second-order valence-electron chi connectivity index (χ2n) is 7.60. The van der Waals surface area contributed by atoms with Crippen molar-refractivity contribution >= 4 is 0 Å². The Labute approximate surface area is 150 Å². The van der Waals surface area contributed by atoms with Crippen LogP contribution in [0.15, 0.2) is 0 Å². The van der Waals surface area contributed by atoms with Gasteiger partial charge < -0.3 is 9.55 Å². The summed E-state index contributed by atoms with van der Waals surface area (Å²) in [6.45, 7) is 8.62. The van der Waals surface area contributed by atoms with Crippen LogP contribution in [0.1, 0.15) is 73.8 Å². The molecule has 0 atom stereocenters. The standard InChI is InChI=1S/C19H30N6/c1-3-17-20-14(2)16(21-17)13-24-11-8-15(9-12-24)19-23-22-18-7-5-4-6-10-25(18)19/h15H,3-13H2,1-2H3,(H,20,21). The zero-order valence-corrected chi connectivity index (χ0v) is 15.6. The number of H-pyrrole nitrogens is 1. The van der Waals surface area contributed by atoms with E-state index in [0.717, 1.165) is 44.8 Å². The second-order valence-corrected chi connectivity index (χ2v) is 7.60. The third-order valence-corrected chi connectivity index (χ3v) is 5.83. The van der Waals surface area contributed by atoms with E-state index in [2.05, 4.69) is 38.5 Å². The summed E-state index contributed by atoms with van der Waals surface area (Å²) in [4.78, 5) is 10.7. The Kier molecular flexibility index (Phi) is 4.88. The molecule has 0 radical (unpaired) electrons.